The zero-order valence-corrected chi connectivity index (χ0v) is 12.9. The van der Waals surface area contributed by atoms with Crippen LogP contribution >= 0.6 is 11.6 Å². The molecular weight excluding hydrogens is 334 g/mol. The van der Waals surface area contributed by atoms with Gasteiger partial charge in [-0.05, 0) is 35.9 Å². The molecule has 1 N–H and O–H groups in total. The largest absolute Gasteiger partial charge is 0.360 e. The van der Waals surface area contributed by atoms with Crippen LogP contribution in [-0.4, -0.2) is 10.8 Å². The molecule has 1 aromatic heterocycles. The Morgan fingerprint density at radius 1 is 1.17 bits per heavy atom. The Bertz CT molecular complexity index is 1030. The molecule has 0 aliphatic rings. The van der Waals surface area contributed by atoms with Gasteiger partial charge >= 0.3 is 0 Å². The zero-order valence-electron chi connectivity index (χ0n) is 12.1. The number of fused-ring (bicyclic) bond motifs is 1. The smallest absolute Gasteiger partial charge is 0.205 e. The van der Waals surface area contributed by atoms with Crippen molar-refractivity contribution in [3.8, 4) is 6.07 Å². The van der Waals surface area contributed by atoms with Gasteiger partial charge in [-0.15, -0.1) is 0 Å². The van der Waals surface area contributed by atoms with E-state index in [1.165, 1.54) is 18.3 Å². The normalized spacial score (nSPS) is 11.5. The standard InChI is InChI=1S/C18H9ClF2N2O/c19-12-2-3-13-14(9-23-17(13)7-12)18(24)11(8-22)5-10-1-4-15(20)16(21)6-10/h1-7,9,23H/b11-5-. The second kappa shape index (κ2) is 6.26. The van der Waals surface area contributed by atoms with E-state index in [0.29, 0.717) is 21.5 Å². The van der Waals surface area contributed by atoms with Crippen molar-refractivity contribution in [3.63, 3.8) is 0 Å². The zero-order chi connectivity index (χ0) is 17.3. The molecule has 0 saturated carbocycles. The summed E-state index contributed by atoms with van der Waals surface area (Å²) in [5.74, 6) is -2.56. The van der Waals surface area contributed by atoms with E-state index in [2.05, 4.69) is 4.98 Å². The van der Waals surface area contributed by atoms with E-state index in [9.17, 15) is 18.8 Å². The molecule has 0 aliphatic carbocycles. The Labute approximate surface area is 140 Å². The van der Waals surface area contributed by atoms with Crippen LogP contribution in [0.4, 0.5) is 8.78 Å². The molecule has 0 fully saturated rings. The van der Waals surface area contributed by atoms with E-state index in [0.717, 1.165) is 12.1 Å². The first-order valence-corrected chi connectivity index (χ1v) is 7.25. The highest BCUT2D eigenvalue weighted by Crippen LogP contribution is 2.24. The van der Waals surface area contributed by atoms with E-state index >= 15 is 0 Å². The Morgan fingerprint density at radius 2 is 1.96 bits per heavy atom. The van der Waals surface area contributed by atoms with Crippen LogP contribution in [0.5, 0.6) is 0 Å². The van der Waals surface area contributed by atoms with Gasteiger partial charge in [0, 0.05) is 27.7 Å². The van der Waals surface area contributed by atoms with Gasteiger partial charge in [-0.1, -0.05) is 23.7 Å². The Hall–Kier alpha value is -2.97. The molecule has 0 unspecified atom stereocenters. The summed E-state index contributed by atoms with van der Waals surface area (Å²) >= 11 is 5.90. The third-order valence-electron chi connectivity index (χ3n) is 3.51. The molecule has 0 amide bonds. The first-order chi connectivity index (χ1) is 11.5. The van der Waals surface area contributed by atoms with Crippen LogP contribution < -0.4 is 0 Å². The van der Waals surface area contributed by atoms with Crippen molar-refractivity contribution in [2.45, 2.75) is 0 Å². The van der Waals surface area contributed by atoms with E-state index in [-0.39, 0.29) is 11.1 Å². The lowest BCUT2D eigenvalue weighted by Gasteiger charge is -2.00. The van der Waals surface area contributed by atoms with E-state index in [1.54, 1.807) is 24.3 Å². The van der Waals surface area contributed by atoms with Crippen LogP contribution in [-0.2, 0) is 0 Å². The van der Waals surface area contributed by atoms with Gasteiger partial charge < -0.3 is 4.98 Å². The average molecular weight is 343 g/mol. The molecule has 2 aromatic carbocycles. The van der Waals surface area contributed by atoms with Gasteiger partial charge in [-0.25, -0.2) is 8.78 Å². The summed E-state index contributed by atoms with van der Waals surface area (Å²) in [5, 5.41) is 10.4. The number of allylic oxidation sites excluding steroid dienone is 1. The van der Waals surface area contributed by atoms with Crippen LogP contribution in [0.15, 0.2) is 48.2 Å². The number of aromatic nitrogens is 1. The second-order valence-electron chi connectivity index (χ2n) is 5.06. The predicted octanol–water partition coefficient (Wildman–Crippen LogP) is 4.89. The number of nitriles is 1. The van der Waals surface area contributed by atoms with Gasteiger partial charge in [0.05, 0.1) is 0 Å². The topological polar surface area (TPSA) is 56.6 Å². The lowest BCUT2D eigenvalue weighted by atomic mass is 10.0. The minimum absolute atomic E-state index is 0.183. The monoisotopic (exact) mass is 342 g/mol. The SMILES string of the molecule is N#C/C(=C/c1ccc(F)c(F)c1)C(=O)c1c[nH]c2cc(Cl)ccc12. The number of halogens is 3. The maximum Gasteiger partial charge on any atom is 0.205 e. The summed E-state index contributed by atoms with van der Waals surface area (Å²) in [5.41, 5.74) is 1.01. The lowest BCUT2D eigenvalue weighted by Crippen LogP contribution is -2.01. The first kappa shape index (κ1) is 15.9. The van der Waals surface area contributed by atoms with Gasteiger partial charge in [0.15, 0.2) is 11.6 Å². The fourth-order valence-electron chi connectivity index (χ4n) is 2.35. The second-order valence-corrected chi connectivity index (χ2v) is 5.50. The van der Waals surface area contributed by atoms with E-state index in [4.69, 9.17) is 11.6 Å². The van der Waals surface area contributed by atoms with Crippen LogP contribution in [0.1, 0.15) is 15.9 Å². The number of nitrogens with one attached hydrogen (secondary N) is 1. The number of nitrogens with zero attached hydrogens (tertiary/aromatic N) is 1. The van der Waals surface area contributed by atoms with Crippen molar-refractivity contribution in [2.75, 3.05) is 0 Å². The van der Waals surface area contributed by atoms with Gasteiger partial charge in [-0.2, -0.15) is 5.26 Å². The van der Waals surface area contributed by atoms with Crippen molar-refractivity contribution >= 4 is 34.4 Å². The average Bonchev–Trinajstić information content (AvgIpc) is 2.98. The number of aromatic amines is 1. The highest BCUT2D eigenvalue weighted by molar-refractivity contribution is 6.31. The van der Waals surface area contributed by atoms with Gasteiger partial charge in [-0.3, -0.25) is 4.79 Å². The number of carbonyl (C=O) groups excluding carboxylic acids is 1. The van der Waals surface area contributed by atoms with Crippen molar-refractivity contribution in [3.05, 3.63) is 76.0 Å². The highest BCUT2D eigenvalue weighted by atomic mass is 35.5. The molecule has 24 heavy (non-hydrogen) atoms. The number of Topliss-reactive ketones (excluding diaryl/α,β-unsaturated/α-hetero) is 1. The third-order valence-corrected chi connectivity index (χ3v) is 3.74. The summed E-state index contributed by atoms with van der Waals surface area (Å²) in [7, 11) is 0. The molecule has 1 heterocycles. The van der Waals surface area contributed by atoms with Gasteiger partial charge in [0.25, 0.3) is 0 Å². The summed E-state index contributed by atoms with van der Waals surface area (Å²) < 4.78 is 26.2. The quantitative estimate of drug-likeness (QED) is 0.418. The fourth-order valence-corrected chi connectivity index (χ4v) is 2.52. The molecule has 0 spiro atoms. The predicted molar refractivity (Wildman–Crippen MR) is 87.6 cm³/mol. The number of hydrogen-bond donors (Lipinski definition) is 1. The molecule has 3 nitrogen and oxygen atoms in total. The van der Waals surface area contributed by atoms with Crippen LogP contribution in [0, 0.1) is 23.0 Å². The molecular formula is C18H9ClF2N2O. The van der Waals surface area contributed by atoms with Crippen molar-refractivity contribution in [2.24, 2.45) is 0 Å². The summed E-state index contributed by atoms with van der Waals surface area (Å²) in [4.78, 5) is 15.5. The summed E-state index contributed by atoms with van der Waals surface area (Å²) in [6, 6.07) is 9.94. The van der Waals surface area contributed by atoms with Crippen LogP contribution in [0.25, 0.3) is 17.0 Å². The molecule has 3 aromatic rings. The number of benzene rings is 2. The van der Waals surface area contributed by atoms with Crippen LogP contribution in [0.2, 0.25) is 5.02 Å². The summed E-state index contributed by atoms with van der Waals surface area (Å²) in [6.45, 7) is 0. The summed E-state index contributed by atoms with van der Waals surface area (Å²) in [6.07, 6.45) is 2.71. The van der Waals surface area contributed by atoms with Gasteiger partial charge in [0.2, 0.25) is 5.78 Å². The number of carbonyl (C=O) groups is 1. The fraction of sp³-hybridized carbons (Fsp3) is 0. The van der Waals surface area contributed by atoms with Crippen molar-refractivity contribution in [1.29, 1.82) is 5.26 Å². The Morgan fingerprint density at radius 3 is 2.67 bits per heavy atom. The highest BCUT2D eigenvalue weighted by Gasteiger charge is 2.17. The third kappa shape index (κ3) is 2.92. The minimum Gasteiger partial charge on any atom is -0.360 e. The van der Waals surface area contributed by atoms with Crippen LogP contribution in [0.3, 0.4) is 0 Å². The molecule has 6 heteroatoms. The van der Waals surface area contributed by atoms with E-state index < -0.39 is 17.4 Å². The Kier molecular flexibility index (Phi) is 4.15. The van der Waals surface area contributed by atoms with Crippen molar-refractivity contribution < 1.29 is 13.6 Å². The number of H-pyrrole nitrogens is 1. The molecule has 3 rings (SSSR count). The van der Waals surface area contributed by atoms with E-state index in [1.807, 2.05) is 0 Å². The molecule has 118 valence electrons. The molecule has 0 aliphatic heterocycles. The Balaban J connectivity index is 2.03. The minimum atomic E-state index is -1.05. The number of ketones is 1. The number of hydrogen-bond acceptors (Lipinski definition) is 2. The molecule has 0 atom stereocenters. The maximum absolute atomic E-state index is 13.3. The lowest BCUT2D eigenvalue weighted by molar-refractivity contribution is 0.104. The van der Waals surface area contributed by atoms with Crippen molar-refractivity contribution in [1.82, 2.24) is 4.98 Å². The van der Waals surface area contributed by atoms with Gasteiger partial charge in [0.1, 0.15) is 11.6 Å². The molecule has 0 bridgehead atoms. The molecule has 0 saturated heterocycles. The number of rotatable bonds is 3. The molecule has 0 radical (unpaired) electrons. The first-order valence-electron chi connectivity index (χ1n) is 6.88. The maximum atomic E-state index is 13.3.